The van der Waals surface area contributed by atoms with Gasteiger partial charge in [-0.1, -0.05) is 0 Å². The van der Waals surface area contributed by atoms with Crippen molar-refractivity contribution in [2.24, 2.45) is 7.05 Å². The Bertz CT molecular complexity index is 392. The molecular weight excluding hydrogens is 251 g/mol. The predicted octanol–water partition coefficient (Wildman–Crippen LogP) is 2.18. The molecule has 1 aromatic heterocycles. The van der Waals surface area contributed by atoms with Crippen molar-refractivity contribution in [2.45, 2.75) is 0 Å². The number of benzene rings is 1. The van der Waals surface area contributed by atoms with Crippen LogP contribution in [-0.4, -0.2) is 9.78 Å². The summed E-state index contributed by atoms with van der Waals surface area (Å²) in [5.74, 6) is 0. The molecule has 0 N–H and O–H groups in total. The Morgan fingerprint density at radius 3 is 3.09 bits per heavy atom. The first-order valence-corrected chi connectivity index (χ1v) is 4.42. The van der Waals surface area contributed by atoms with E-state index in [9.17, 15) is 0 Å². The van der Waals surface area contributed by atoms with Crippen LogP contribution in [0, 0.1) is 3.57 Å². The maximum absolute atomic E-state index is 4.27. The first kappa shape index (κ1) is 7.09. The van der Waals surface area contributed by atoms with E-state index in [-0.39, 0.29) is 0 Å². The minimum atomic E-state index is 1.06. The van der Waals surface area contributed by atoms with Gasteiger partial charge in [-0.05, 0) is 40.8 Å². The van der Waals surface area contributed by atoms with Crippen molar-refractivity contribution in [2.75, 3.05) is 0 Å². The van der Waals surface area contributed by atoms with Gasteiger partial charge in [0.15, 0.2) is 0 Å². The highest BCUT2D eigenvalue weighted by Crippen LogP contribution is 2.14. The normalized spacial score (nSPS) is 10.7. The molecule has 0 aliphatic carbocycles. The highest BCUT2D eigenvalue weighted by atomic mass is 127. The number of aryl methyl sites for hydroxylation is 1. The largest absolute Gasteiger partial charge is 0.275 e. The summed E-state index contributed by atoms with van der Waals surface area (Å²) in [5, 5.41) is 5.48. The molecule has 0 bridgehead atoms. The predicted molar refractivity (Wildman–Crippen MR) is 53.4 cm³/mol. The van der Waals surface area contributed by atoms with Gasteiger partial charge in [0.2, 0.25) is 0 Å². The Labute approximate surface area is 78.3 Å². The van der Waals surface area contributed by atoms with Crippen molar-refractivity contribution in [3.63, 3.8) is 0 Å². The number of nitrogens with zero attached hydrogens (tertiary/aromatic N) is 2. The summed E-state index contributed by atoms with van der Waals surface area (Å²) >= 11 is 2.30. The van der Waals surface area contributed by atoms with Crippen LogP contribution in [0.2, 0.25) is 0 Å². The Hall–Kier alpha value is -0.580. The van der Waals surface area contributed by atoms with Crippen molar-refractivity contribution >= 4 is 33.5 Å². The summed E-state index contributed by atoms with van der Waals surface area (Å²) < 4.78 is 3.09. The van der Waals surface area contributed by atoms with Crippen LogP contribution < -0.4 is 0 Å². The van der Waals surface area contributed by atoms with Crippen molar-refractivity contribution < 1.29 is 0 Å². The van der Waals surface area contributed by atoms with E-state index in [1.807, 2.05) is 24.0 Å². The molecule has 0 unspecified atom stereocenters. The minimum absolute atomic E-state index is 1.06. The summed E-state index contributed by atoms with van der Waals surface area (Å²) in [6.07, 6.45) is 2.03. The van der Waals surface area contributed by atoms with Crippen LogP contribution in [0.5, 0.6) is 0 Å². The second-order valence-corrected chi connectivity index (χ2v) is 3.75. The third-order valence-corrected chi connectivity index (χ3v) is 2.25. The van der Waals surface area contributed by atoms with Crippen LogP contribution in [0.1, 0.15) is 0 Å². The molecule has 1 aromatic carbocycles. The quantitative estimate of drug-likeness (QED) is 0.662. The topological polar surface area (TPSA) is 17.8 Å². The minimum Gasteiger partial charge on any atom is -0.275 e. The molecule has 0 spiro atoms. The van der Waals surface area contributed by atoms with E-state index < -0.39 is 0 Å². The van der Waals surface area contributed by atoms with Crippen molar-refractivity contribution in [3.8, 4) is 0 Å². The highest BCUT2D eigenvalue weighted by molar-refractivity contribution is 14.1. The second-order valence-electron chi connectivity index (χ2n) is 2.51. The summed E-state index contributed by atoms with van der Waals surface area (Å²) in [6, 6.07) is 6.23. The SMILES string of the molecule is Cn1cc2cc(I)ccc2n1. The van der Waals surface area contributed by atoms with Crippen LogP contribution in [-0.2, 0) is 7.05 Å². The van der Waals surface area contributed by atoms with E-state index >= 15 is 0 Å². The maximum atomic E-state index is 4.27. The molecule has 0 amide bonds. The van der Waals surface area contributed by atoms with Crippen LogP contribution in [0.15, 0.2) is 24.4 Å². The lowest BCUT2D eigenvalue weighted by Crippen LogP contribution is -1.84. The van der Waals surface area contributed by atoms with Crippen LogP contribution in [0.4, 0.5) is 0 Å². The fourth-order valence-electron chi connectivity index (χ4n) is 1.12. The van der Waals surface area contributed by atoms with E-state index in [2.05, 4.69) is 39.8 Å². The van der Waals surface area contributed by atoms with Gasteiger partial charge in [0.05, 0.1) is 5.52 Å². The molecule has 0 aliphatic heterocycles. The van der Waals surface area contributed by atoms with E-state index in [4.69, 9.17) is 0 Å². The first-order valence-electron chi connectivity index (χ1n) is 3.34. The zero-order chi connectivity index (χ0) is 7.84. The van der Waals surface area contributed by atoms with E-state index in [0.717, 1.165) is 5.52 Å². The van der Waals surface area contributed by atoms with Gasteiger partial charge in [0.1, 0.15) is 0 Å². The van der Waals surface area contributed by atoms with Crippen molar-refractivity contribution in [1.29, 1.82) is 0 Å². The summed E-state index contributed by atoms with van der Waals surface area (Å²) in [4.78, 5) is 0. The van der Waals surface area contributed by atoms with Crippen molar-refractivity contribution in [3.05, 3.63) is 28.0 Å². The fraction of sp³-hybridized carbons (Fsp3) is 0.125. The molecule has 2 rings (SSSR count). The van der Waals surface area contributed by atoms with Crippen LogP contribution >= 0.6 is 22.6 Å². The third-order valence-electron chi connectivity index (χ3n) is 1.58. The molecule has 0 atom stereocenters. The molecule has 3 heteroatoms. The standard InChI is InChI=1S/C8H7IN2/c1-11-5-6-4-7(9)2-3-8(6)10-11/h2-5H,1H3. The zero-order valence-corrected chi connectivity index (χ0v) is 8.24. The summed E-state index contributed by atoms with van der Waals surface area (Å²) in [7, 11) is 1.94. The number of hydrogen-bond acceptors (Lipinski definition) is 1. The van der Waals surface area contributed by atoms with Gasteiger partial charge in [-0.15, -0.1) is 0 Å². The van der Waals surface area contributed by atoms with Gasteiger partial charge >= 0.3 is 0 Å². The molecule has 0 aliphatic rings. The molecule has 0 saturated heterocycles. The lowest BCUT2D eigenvalue weighted by molar-refractivity contribution is 0.780. The van der Waals surface area contributed by atoms with E-state index in [1.165, 1.54) is 8.96 Å². The molecule has 2 aromatic rings. The van der Waals surface area contributed by atoms with Gasteiger partial charge < -0.3 is 0 Å². The summed E-state index contributed by atoms with van der Waals surface area (Å²) in [5.41, 5.74) is 1.06. The number of fused-ring (bicyclic) bond motifs is 1. The molecule has 0 radical (unpaired) electrons. The Balaban J connectivity index is 2.82. The van der Waals surface area contributed by atoms with Gasteiger partial charge in [-0.2, -0.15) is 5.10 Å². The van der Waals surface area contributed by atoms with Gasteiger partial charge in [-0.25, -0.2) is 0 Å². The Morgan fingerprint density at radius 1 is 1.45 bits per heavy atom. The zero-order valence-electron chi connectivity index (χ0n) is 6.08. The molecule has 0 fully saturated rings. The Kier molecular flexibility index (Phi) is 1.60. The average molecular weight is 258 g/mol. The van der Waals surface area contributed by atoms with Gasteiger partial charge in [0, 0.05) is 22.2 Å². The van der Waals surface area contributed by atoms with Gasteiger partial charge in [-0.3, -0.25) is 4.68 Å². The molecule has 1 heterocycles. The number of hydrogen-bond donors (Lipinski definition) is 0. The first-order chi connectivity index (χ1) is 5.25. The maximum Gasteiger partial charge on any atom is 0.0923 e. The Morgan fingerprint density at radius 2 is 2.27 bits per heavy atom. The lowest BCUT2D eigenvalue weighted by atomic mass is 10.3. The third kappa shape index (κ3) is 1.24. The van der Waals surface area contributed by atoms with Gasteiger partial charge in [0.25, 0.3) is 0 Å². The van der Waals surface area contributed by atoms with Crippen molar-refractivity contribution in [1.82, 2.24) is 9.78 Å². The lowest BCUT2D eigenvalue weighted by Gasteiger charge is -1.86. The number of halogens is 1. The number of aromatic nitrogens is 2. The average Bonchev–Trinajstić information content (AvgIpc) is 2.27. The van der Waals surface area contributed by atoms with E-state index in [1.54, 1.807) is 0 Å². The molecule has 56 valence electrons. The molecule has 11 heavy (non-hydrogen) atoms. The van der Waals surface area contributed by atoms with E-state index in [0.29, 0.717) is 0 Å². The van der Waals surface area contributed by atoms with Crippen LogP contribution in [0.3, 0.4) is 0 Å². The molecular formula is C8H7IN2. The molecule has 2 nitrogen and oxygen atoms in total. The molecule has 0 saturated carbocycles. The smallest absolute Gasteiger partial charge is 0.0923 e. The monoisotopic (exact) mass is 258 g/mol. The van der Waals surface area contributed by atoms with Crippen LogP contribution in [0.25, 0.3) is 10.9 Å². The number of rotatable bonds is 0. The summed E-state index contributed by atoms with van der Waals surface area (Å²) in [6.45, 7) is 0. The second kappa shape index (κ2) is 2.48. The fourth-order valence-corrected chi connectivity index (χ4v) is 1.64. The highest BCUT2D eigenvalue weighted by Gasteiger charge is 1.96.